The van der Waals surface area contributed by atoms with Crippen LogP contribution in [0.5, 0.6) is 0 Å². The molecule has 0 aliphatic rings. The number of amides is 1. The lowest BCUT2D eigenvalue weighted by Gasteiger charge is -2.22. The molecule has 100 valence electrons. The predicted molar refractivity (Wildman–Crippen MR) is 76.6 cm³/mol. The predicted octanol–water partition coefficient (Wildman–Crippen LogP) is 3.57. The molecule has 0 heterocycles. The highest BCUT2D eigenvalue weighted by Crippen LogP contribution is 2.25. The zero-order valence-electron chi connectivity index (χ0n) is 10.5. The van der Waals surface area contributed by atoms with Gasteiger partial charge < -0.3 is 0 Å². The van der Waals surface area contributed by atoms with Gasteiger partial charge in [0, 0.05) is 17.4 Å². The third-order valence-electron chi connectivity index (χ3n) is 2.78. The maximum atomic E-state index is 12.2. The van der Waals surface area contributed by atoms with Crippen molar-refractivity contribution in [1.82, 2.24) is 5.06 Å². The zero-order chi connectivity index (χ0) is 13.5. The van der Waals surface area contributed by atoms with Gasteiger partial charge in [-0.05, 0) is 30.5 Å². The van der Waals surface area contributed by atoms with E-state index in [0.29, 0.717) is 5.88 Å². The number of hydroxylamine groups is 2. The average molecular weight is 335 g/mol. The Kier molecular flexibility index (Phi) is 6.68. The van der Waals surface area contributed by atoms with E-state index < -0.39 is 0 Å². The summed E-state index contributed by atoms with van der Waals surface area (Å²) in [6.45, 7) is 0. The highest BCUT2D eigenvalue weighted by Gasteiger charge is 2.23. The number of rotatable bonds is 6. The van der Waals surface area contributed by atoms with Crippen molar-refractivity contribution in [2.45, 2.75) is 18.8 Å². The van der Waals surface area contributed by atoms with E-state index in [2.05, 4.69) is 15.9 Å². The van der Waals surface area contributed by atoms with Crippen molar-refractivity contribution in [3.8, 4) is 0 Å². The van der Waals surface area contributed by atoms with Crippen LogP contribution in [0.2, 0.25) is 0 Å². The number of alkyl halides is 1. The van der Waals surface area contributed by atoms with Crippen LogP contribution in [0.4, 0.5) is 0 Å². The van der Waals surface area contributed by atoms with E-state index in [0.717, 1.165) is 22.9 Å². The summed E-state index contributed by atoms with van der Waals surface area (Å²) in [5.41, 5.74) is 0.984. The second-order valence-corrected chi connectivity index (χ2v) is 5.25. The van der Waals surface area contributed by atoms with Crippen molar-refractivity contribution in [3.63, 3.8) is 0 Å². The summed E-state index contributed by atoms with van der Waals surface area (Å²) >= 11 is 9.10. The molecule has 1 atom stereocenters. The van der Waals surface area contributed by atoms with Crippen molar-refractivity contribution in [2.75, 3.05) is 20.0 Å². The van der Waals surface area contributed by atoms with Crippen LogP contribution in [0.1, 0.15) is 24.3 Å². The van der Waals surface area contributed by atoms with Gasteiger partial charge >= 0.3 is 0 Å². The molecule has 0 spiro atoms. The Morgan fingerprint density at radius 2 is 2.06 bits per heavy atom. The summed E-state index contributed by atoms with van der Waals surface area (Å²) in [6.07, 6.45) is 1.52. The minimum Gasteiger partial charge on any atom is -0.275 e. The lowest BCUT2D eigenvalue weighted by molar-refractivity contribution is -0.170. The van der Waals surface area contributed by atoms with E-state index in [1.807, 2.05) is 24.3 Å². The molecule has 0 saturated carbocycles. The Hall–Kier alpha value is -0.580. The largest absolute Gasteiger partial charge is 0.275 e. The summed E-state index contributed by atoms with van der Waals surface area (Å²) in [5.74, 6) is 0.295. The molecule has 1 unspecified atom stereocenters. The Labute approximate surface area is 121 Å². The molecule has 18 heavy (non-hydrogen) atoms. The van der Waals surface area contributed by atoms with Crippen LogP contribution in [0.25, 0.3) is 0 Å². The molecule has 0 saturated heterocycles. The smallest absolute Gasteiger partial charge is 0.253 e. The van der Waals surface area contributed by atoms with Gasteiger partial charge in [0.2, 0.25) is 0 Å². The minimum absolute atomic E-state index is 0.0510. The van der Waals surface area contributed by atoms with Gasteiger partial charge in [-0.3, -0.25) is 9.63 Å². The van der Waals surface area contributed by atoms with Gasteiger partial charge in [-0.2, -0.15) is 0 Å². The fourth-order valence-electron chi connectivity index (χ4n) is 1.72. The van der Waals surface area contributed by atoms with Crippen LogP contribution in [0.3, 0.4) is 0 Å². The normalized spacial score (nSPS) is 12.2. The van der Waals surface area contributed by atoms with E-state index in [-0.39, 0.29) is 11.8 Å². The second-order valence-electron chi connectivity index (χ2n) is 3.95. The Morgan fingerprint density at radius 1 is 1.44 bits per heavy atom. The van der Waals surface area contributed by atoms with Gasteiger partial charge in [-0.15, -0.1) is 11.6 Å². The molecule has 0 aliphatic heterocycles. The van der Waals surface area contributed by atoms with Crippen molar-refractivity contribution in [3.05, 3.63) is 34.3 Å². The summed E-state index contributed by atoms with van der Waals surface area (Å²) < 4.78 is 0.995. The Bertz CT molecular complexity index is 383. The first-order valence-electron chi connectivity index (χ1n) is 5.73. The first kappa shape index (κ1) is 15.5. The summed E-state index contributed by atoms with van der Waals surface area (Å²) in [7, 11) is 3.10. The molecule has 5 heteroatoms. The molecule has 1 rings (SSSR count). The van der Waals surface area contributed by atoms with Gasteiger partial charge in [0.05, 0.1) is 13.0 Å². The number of hydrogen-bond donors (Lipinski definition) is 0. The lowest BCUT2D eigenvalue weighted by atomic mass is 9.93. The number of carbonyl (C=O) groups excluding carboxylic acids is 1. The van der Waals surface area contributed by atoms with Crippen LogP contribution in [-0.2, 0) is 9.63 Å². The van der Waals surface area contributed by atoms with Crippen LogP contribution < -0.4 is 0 Å². The number of carbonyl (C=O) groups is 1. The highest BCUT2D eigenvalue weighted by molar-refractivity contribution is 9.10. The minimum atomic E-state index is -0.207. The van der Waals surface area contributed by atoms with Crippen LogP contribution in [0, 0.1) is 0 Å². The fourth-order valence-corrected chi connectivity index (χ4v) is 2.14. The maximum Gasteiger partial charge on any atom is 0.253 e. The van der Waals surface area contributed by atoms with Gasteiger partial charge in [-0.1, -0.05) is 28.1 Å². The molecule has 0 aromatic heterocycles. The highest BCUT2D eigenvalue weighted by atomic mass is 79.9. The zero-order valence-corrected chi connectivity index (χ0v) is 12.9. The van der Waals surface area contributed by atoms with Crippen LogP contribution in [-0.4, -0.2) is 31.0 Å². The van der Waals surface area contributed by atoms with E-state index in [4.69, 9.17) is 16.4 Å². The summed E-state index contributed by atoms with van der Waals surface area (Å²) in [6, 6.07) is 7.76. The molecule has 1 amide bonds. The standard InChI is InChI=1S/C13H17BrClNO2/c1-16(18-2)13(17)12(4-3-9-15)10-5-7-11(14)8-6-10/h5-8,12H,3-4,9H2,1-2H3. The molecule has 0 bridgehead atoms. The first-order chi connectivity index (χ1) is 8.60. The molecule has 1 aromatic rings. The number of likely N-dealkylation sites (N-methyl/N-ethyl adjacent to an activating group) is 1. The molecular weight excluding hydrogens is 318 g/mol. The number of halogens is 2. The Morgan fingerprint density at radius 3 is 2.56 bits per heavy atom. The molecular formula is C13H17BrClNO2. The third-order valence-corrected chi connectivity index (χ3v) is 3.58. The van der Waals surface area contributed by atoms with Gasteiger partial charge in [0.25, 0.3) is 5.91 Å². The fraction of sp³-hybridized carbons (Fsp3) is 0.462. The van der Waals surface area contributed by atoms with E-state index in [1.54, 1.807) is 7.05 Å². The monoisotopic (exact) mass is 333 g/mol. The van der Waals surface area contributed by atoms with Crippen molar-refractivity contribution >= 4 is 33.4 Å². The first-order valence-corrected chi connectivity index (χ1v) is 7.06. The quantitative estimate of drug-likeness (QED) is 0.588. The van der Waals surface area contributed by atoms with Crippen LogP contribution >= 0.6 is 27.5 Å². The van der Waals surface area contributed by atoms with Gasteiger partial charge in [-0.25, -0.2) is 5.06 Å². The maximum absolute atomic E-state index is 12.2. The summed E-state index contributed by atoms with van der Waals surface area (Å²) in [5, 5.41) is 1.26. The average Bonchev–Trinajstić information content (AvgIpc) is 2.39. The topological polar surface area (TPSA) is 29.5 Å². The summed E-state index contributed by atoms with van der Waals surface area (Å²) in [4.78, 5) is 17.2. The molecule has 0 fully saturated rings. The lowest BCUT2D eigenvalue weighted by Crippen LogP contribution is -2.31. The number of nitrogens with zero attached hydrogens (tertiary/aromatic N) is 1. The molecule has 0 aliphatic carbocycles. The van der Waals surface area contributed by atoms with E-state index in [1.165, 1.54) is 12.2 Å². The van der Waals surface area contributed by atoms with Crippen LogP contribution in [0.15, 0.2) is 28.7 Å². The Balaban J connectivity index is 2.90. The van der Waals surface area contributed by atoms with Crippen molar-refractivity contribution in [1.29, 1.82) is 0 Å². The molecule has 1 aromatic carbocycles. The van der Waals surface area contributed by atoms with Gasteiger partial charge in [0.15, 0.2) is 0 Å². The van der Waals surface area contributed by atoms with E-state index in [9.17, 15) is 4.79 Å². The van der Waals surface area contributed by atoms with Gasteiger partial charge in [0.1, 0.15) is 0 Å². The van der Waals surface area contributed by atoms with E-state index >= 15 is 0 Å². The SMILES string of the molecule is CON(C)C(=O)C(CCCCl)c1ccc(Br)cc1. The molecule has 3 nitrogen and oxygen atoms in total. The third kappa shape index (κ3) is 4.26. The second kappa shape index (κ2) is 7.77. The molecule has 0 N–H and O–H groups in total. The molecule has 0 radical (unpaired) electrons. The van der Waals surface area contributed by atoms with Crippen molar-refractivity contribution in [2.24, 2.45) is 0 Å². The number of benzene rings is 1. The number of hydrogen-bond acceptors (Lipinski definition) is 2. The van der Waals surface area contributed by atoms with Crippen molar-refractivity contribution < 1.29 is 9.63 Å².